The van der Waals surface area contributed by atoms with Crippen LogP contribution in [0.4, 0.5) is 0 Å². The van der Waals surface area contributed by atoms with Crippen LogP contribution in [0.1, 0.15) is 19.8 Å². The molecule has 0 saturated carbocycles. The molecule has 0 radical (unpaired) electrons. The lowest BCUT2D eigenvalue weighted by molar-refractivity contribution is -0.139. The molecule has 0 aliphatic heterocycles. The lowest BCUT2D eigenvalue weighted by Crippen LogP contribution is -2.32. The van der Waals surface area contributed by atoms with E-state index in [0.29, 0.717) is 12.2 Å². The van der Waals surface area contributed by atoms with E-state index in [9.17, 15) is 4.79 Å². The second-order valence-electron chi connectivity index (χ2n) is 5.21. The molecule has 0 atom stereocenters. The first-order valence-corrected chi connectivity index (χ1v) is 14.3. The van der Waals surface area contributed by atoms with Gasteiger partial charge in [0, 0.05) is 5.57 Å². The number of hydrogen-bond acceptors (Lipinski definition) is 4. The van der Waals surface area contributed by atoms with E-state index in [2.05, 4.69) is 32.8 Å². The minimum absolute atomic E-state index is 0.300. The Bertz CT molecular complexity index is 272. The summed E-state index contributed by atoms with van der Waals surface area (Å²) in [7, 11) is -3.50. The summed E-state index contributed by atoms with van der Waals surface area (Å²) in [6, 6.07) is 1.01. The molecule has 7 heteroatoms. The molecule has 19 heavy (non-hydrogen) atoms. The van der Waals surface area contributed by atoms with Gasteiger partial charge >= 0.3 is 5.97 Å². The first-order chi connectivity index (χ1) is 8.82. The monoisotopic (exact) mass is 320 g/mol. The molecule has 0 bridgehead atoms. The third-order valence-electron chi connectivity index (χ3n) is 2.26. The molecule has 0 spiro atoms. The van der Waals surface area contributed by atoms with Gasteiger partial charge in [-0.05, 0) is 52.0 Å². The number of carbonyl (C=O) groups is 1. The topological polar surface area (TPSA) is 44.8 Å². The van der Waals surface area contributed by atoms with Gasteiger partial charge < -0.3 is 13.0 Å². The molecule has 0 fully saturated rings. The molecule has 0 aliphatic carbocycles. The average Bonchev–Trinajstić information content (AvgIpc) is 2.26. The highest BCUT2D eigenvalue weighted by atomic mass is 28.4. The predicted molar refractivity (Wildman–Crippen MR) is 86.9 cm³/mol. The minimum Gasteiger partial charge on any atom is -0.462 e. The zero-order chi connectivity index (χ0) is 14.8. The van der Waals surface area contributed by atoms with Crippen LogP contribution >= 0.6 is 0 Å². The van der Waals surface area contributed by atoms with Crippen LogP contribution < -0.4 is 0 Å². The Labute approximate surface area is 122 Å². The summed E-state index contributed by atoms with van der Waals surface area (Å²) in [5.41, 5.74) is 0.454. The van der Waals surface area contributed by atoms with Gasteiger partial charge in [0.2, 0.25) is 0 Å². The maximum atomic E-state index is 11.2. The number of rotatable bonds is 10. The van der Waals surface area contributed by atoms with Crippen LogP contribution in [0.2, 0.25) is 32.2 Å². The largest absolute Gasteiger partial charge is 0.462 e. The van der Waals surface area contributed by atoms with Gasteiger partial charge in [-0.1, -0.05) is 6.58 Å². The van der Waals surface area contributed by atoms with Gasteiger partial charge in [0.05, 0.1) is 6.61 Å². The first kappa shape index (κ1) is 18.8. The van der Waals surface area contributed by atoms with Crippen LogP contribution in [0.3, 0.4) is 0 Å². The van der Waals surface area contributed by atoms with Crippen LogP contribution in [-0.4, -0.2) is 39.9 Å². The molecule has 0 N–H and O–H groups in total. The van der Waals surface area contributed by atoms with Crippen LogP contribution in [0.15, 0.2) is 12.2 Å². The summed E-state index contributed by atoms with van der Waals surface area (Å²) in [5.74, 6) is -0.300. The van der Waals surface area contributed by atoms with Gasteiger partial charge in [-0.3, -0.25) is 0 Å². The number of esters is 1. The first-order valence-electron chi connectivity index (χ1n) is 6.96. The number of hydrogen-bond donors (Lipinski definition) is 0. The SMILES string of the molecule is C=C(C)C(=O)OCCCC[SiH](O[SiH](C)C)O[SiH](C)C. The highest BCUT2D eigenvalue weighted by Crippen LogP contribution is 2.08. The molecule has 0 saturated heterocycles. The molecular weight excluding hydrogens is 292 g/mol. The van der Waals surface area contributed by atoms with Gasteiger partial charge in [-0.25, -0.2) is 4.79 Å². The normalized spacial score (nSPS) is 11.4. The Hall–Kier alpha value is -0.219. The lowest BCUT2D eigenvalue weighted by atomic mass is 10.3. The van der Waals surface area contributed by atoms with E-state index < -0.39 is 27.4 Å². The molecule has 112 valence electrons. The molecule has 0 amide bonds. The third kappa shape index (κ3) is 11.3. The summed E-state index contributed by atoms with van der Waals surface area (Å²) >= 11 is 0. The van der Waals surface area contributed by atoms with Crippen molar-refractivity contribution in [2.45, 2.75) is 52.0 Å². The van der Waals surface area contributed by atoms with E-state index in [-0.39, 0.29) is 5.97 Å². The minimum atomic E-state index is -1.47. The fourth-order valence-corrected chi connectivity index (χ4v) is 8.88. The zero-order valence-electron chi connectivity index (χ0n) is 12.9. The van der Waals surface area contributed by atoms with Crippen LogP contribution in [0.25, 0.3) is 0 Å². The van der Waals surface area contributed by atoms with Crippen LogP contribution in [0.5, 0.6) is 0 Å². The van der Waals surface area contributed by atoms with E-state index >= 15 is 0 Å². The number of carbonyl (C=O) groups excluding carboxylic acids is 1. The van der Waals surface area contributed by atoms with Gasteiger partial charge in [-0.2, -0.15) is 0 Å². The molecule has 0 aromatic rings. The maximum Gasteiger partial charge on any atom is 0.333 e. The molecular formula is C12H28O4Si3. The second-order valence-corrected chi connectivity index (χ2v) is 13.0. The molecule has 0 unspecified atom stereocenters. The van der Waals surface area contributed by atoms with Gasteiger partial charge in [0.1, 0.15) is 0 Å². The Balaban J connectivity index is 3.80. The fraction of sp³-hybridized carbons (Fsp3) is 0.750. The van der Waals surface area contributed by atoms with Gasteiger partial charge in [0.15, 0.2) is 18.1 Å². The molecule has 0 aromatic heterocycles. The summed E-state index contributed by atoms with van der Waals surface area (Å²) in [5, 5.41) is 0. The van der Waals surface area contributed by atoms with Gasteiger partial charge in [-0.15, -0.1) is 0 Å². The number of ether oxygens (including phenoxy) is 1. The lowest BCUT2D eigenvalue weighted by Gasteiger charge is -2.21. The Kier molecular flexibility index (Phi) is 10.4. The molecule has 0 rings (SSSR count). The summed E-state index contributed by atoms with van der Waals surface area (Å²) in [6.45, 7) is 14.4. The third-order valence-corrected chi connectivity index (χ3v) is 9.93. The highest BCUT2D eigenvalue weighted by Gasteiger charge is 2.16. The van der Waals surface area contributed by atoms with Crippen molar-refractivity contribution in [1.82, 2.24) is 0 Å². The average molecular weight is 321 g/mol. The van der Waals surface area contributed by atoms with Crippen molar-refractivity contribution < 1.29 is 17.8 Å². The van der Waals surface area contributed by atoms with Crippen LogP contribution in [0, 0.1) is 0 Å². The highest BCUT2D eigenvalue weighted by molar-refractivity contribution is 6.67. The van der Waals surface area contributed by atoms with Crippen molar-refractivity contribution in [3.8, 4) is 0 Å². The summed E-state index contributed by atoms with van der Waals surface area (Å²) in [4.78, 5) is 11.2. The predicted octanol–water partition coefficient (Wildman–Crippen LogP) is 2.11. The number of unbranched alkanes of at least 4 members (excludes halogenated alkanes) is 1. The van der Waals surface area contributed by atoms with Crippen molar-refractivity contribution >= 4 is 33.3 Å². The molecule has 0 aliphatic rings. The Morgan fingerprint density at radius 3 is 2.00 bits per heavy atom. The fourth-order valence-electron chi connectivity index (χ4n) is 1.48. The zero-order valence-corrected chi connectivity index (χ0v) is 16.4. The second kappa shape index (κ2) is 10.6. The van der Waals surface area contributed by atoms with Crippen molar-refractivity contribution in [2.24, 2.45) is 0 Å². The van der Waals surface area contributed by atoms with E-state index in [1.807, 2.05) is 0 Å². The van der Waals surface area contributed by atoms with Crippen LogP contribution in [-0.2, 0) is 17.8 Å². The summed E-state index contributed by atoms with van der Waals surface area (Å²) < 4.78 is 17.1. The van der Waals surface area contributed by atoms with Crippen molar-refractivity contribution in [3.05, 3.63) is 12.2 Å². The van der Waals surface area contributed by atoms with Crippen molar-refractivity contribution in [1.29, 1.82) is 0 Å². The van der Waals surface area contributed by atoms with Gasteiger partial charge in [0.25, 0.3) is 9.28 Å². The standard InChI is InChI=1S/C12H28O4Si3/c1-11(2)12(13)14-9-7-8-10-19(15-17(3)4)16-18(5)6/h17-19H,1,7-10H2,2-6H3. The van der Waals surface area contributed by atoms with E-state index in [1.165, 1.54) is 0 Å². The molecule has 4 nitrogen and oxygen atoms in total. The molecule has 0 aromatic carbocycles. The Morgan fingerprint density at radius 1 is 1.05 bits per heavy atom. The quantitative estimate of drug-likeness (QED) is 0.268. The molecule has 0 heterocycles. The Morgan fingerprint density at radius 2 is 1.58 bits per heavy atom. The van der Waals surface area contributed by atoms with Crippen molar-refractivity contribution in [2.75, 3.05) is 6.61 Å². The van der Waals surface area contributed by atoms with E-state index in [0.717, 1.165) is 18.9 Å². The van der Waals surface area contributed by atoms with Crippen molar-refractivity contribution in [3.63, 3.8) is 0 Å². The summed E-state index contributed by atoms with van der Waals surface area (Å²) in [6.07, 6.45) is 1.87. The van der Waals surface area contributed by atoms with E-state index in [4.69, 9.17) is 13.0 Å². The smallest absolute Gasteiger partial charge is 0.333 e. The van der Waals surface area contributed by atoms with E-state index in [1.54, 1.807) is 6.92 Å². The maximum absolute atomic E-state index is 11.2.